The first kappa shape index (κ1) is 22.5. The summed E-state index contributed by atoms with van der Waals surface area (Å²) >= 11 is 5.78. The highest BCUT2D eigenvalue weighted by Gasteiger charge is 2.35. The summed E-state index contributed by atoms with van der Waals surface area (Å²) in [5.74, 6) is -0.520. The van der Waals surface area contributed by atoms with Gasteiger partial charge in [0.05, 0.1) is 30.5 Å². The van der Waals surface area contributed by atoms with Crippen LogP contribution < -0.4 is 5.32 Å². The zero-order valence-electron chi connectivity index (χ0n) is 17.3. The fraction of sp³-hybridized carbons (Fsp3) is 0.429. The molecule has 1 fully saturated rings. The molecule has 1 saturated heterocycles. The van der Waals surface area contributed by atoms with Crippen LogP contribution in [-0.4, -0.2) is 64.8 Å². The van der Waals surface area contributed by atoms with E-state index in [4.69, 9.17) is 31.0 Å². The number of nitrogens with zero attached hydrogens (tertiary/aromatic N) is 3. The van der Waals surface area contributed by atoms with Crippen molar-refractivity contribution in [3.63, 3.8) is 0 Å². The molecule has 0 bridgehead atoms. The molecule has 0 saturated carbocycles. The molecule has 1 amide bonds. The predicted molar refractivity (Wildman–Crippen MR) is 112 cm³/mol. The Labute approximate surface area is 188 Å². The van der Waals surface area contributed by atoms with Gasteiger partial charge in [0.2, 0.25) is 0 Å². The fourth-order valence-electron chi connectivity index (χ4n) is 3.38. The number of carbonyl (C=O) groups is 1. The van der Waals surface area contributed by atoms with Gasteiger partial charge in [0.1, 0.15) is 35.3 Å². The molecular weight excluding hydrogens is 443 g/mol. The van der Waals surface area contributed by atoms with Crippen molar-refractivity contribution in [3.8, 4) is 0 Å². The molecule has 32 heavy (non-hydrogen) atoms. The van der Waals surface area contributed by atoms with Crippen LogP contribution in [0, 0.1) is 12.7 Å². The zero-order valence-corrected chi connectivity index (χ0v) is 18.0. The van der Waals surface area contributed by atoms with Crippen molar-refractivity contribution in [2.24, 2.45) is 5.16 Å². The first-order chi connectivity index (χ1) is 15.4. The first-order valence-corrected chi connectivity index (χ1v) is 10.5. The maximum Gasteiger partial charge on any atom is 0.270 e. The Morgan fingerprint density at radius 2 is 2.09 bits per heavy atom. The smallest absolute Gasteiger partial charge is 0.270 e. The Morgan fingerprint density at radius 3 is 2.81 bits per heavy atom. The highest BCUT2D eigenvalue weighted by Crippen LogP contribution is 2.23. The highest BCUT2D eigenvalue weighted by atomic mass is 35.5. The van der Waals surface area contributed by atoms with Crippen LogP contribution >= 0.6 is 11.6 Å². The lowest BCUT2D eigenvalue weighted by atomic mass is 10.0. The Hall–Kier alpha value is -2.66. The molecule has 4 rings (SSSR count). The average Bonchev–Trinajstić information content (AvgIpc) is 3.30. The third kappa shape index (κ3) is 5.21. The highest BCUT2D eigenvalue weighted by molar-refractivity contribution is 6.30. The summed E-state index contributed by atoms with van der Waals surface area (Å²) in [4.78, 5) is 26.7. The maximum absolute atomic E-state index is 13.3. The van der Waals surface area contributed by atoms with Gasteiger partial charge < -0.3 is 24.7 Å². The quantitative estimate of drug-likeness (QED) is 0.669. The fourth-order valence-corrected chi connectivity index (χ4v) is 3.58. The van der Waals surface area contributed by atoms with Crippen molar-refractivity contribution >= 4 is 23.2 Å². The van der Waals surface area contributed by atoms with Crippen LogP contribution in [0.4, 0.5) is 4.39 Å². The molecule has 1 aromatic carbocycles. The number of ether oxygens (including phenoxy) is 2. The lowest BCUT2D eigenvalue weighted by molar-refractivity contribution is -0.178. The Balaban J connectivity index is 1.39. The van der Waals surface area contributed by atoms with Crippen molar-refractivity contribution in [2.75, 3.05) is 19.8 Å². The number of carbonyl (C=O) groups excluding carboxylic acids is 1. The molecule has 2 aliphatic heterocycles. The van der Waals surface area contributed by atoms with Crippen LogP contribution in [0.2, 0.25) is 5.02 Å². The standard InChI is InChI=1S/C21H22ClFN4O5/c1-11-25-16(17-6-19(32-27-17)20-10-30-13(8-28)9-31-20)5-18(26-11)21(29)24-7-12-2-3-15(23)14(22)4-12/h2-5,13,19-20,28H,6-10H2,1H3,(H,24,29)/t13-,19-,20?/m0/s1. The number of hydrogen-bond acceptors (Lipinski definition) is 8. The van der Waals surface area contributed by atoms with Gasteiger partial charge in [-0.05, 0) is 30.7 Å². The Bertz CT molecular complexity index is 1030. The van der Waals surface area contributed by atoms with E-state index in [1.165, 1.54) is 12.1 Å². The monoisotopic (exact) mass is 464 g/mol. The summed E-state index contributed by atoms with van der Waals surface area (Å²) in [5, 5.41) is 16.0. The van der Waals surface area contributed by atoms with E-state index in [9.17, 15) is 9.18 Å². The van der Waals surface area contributed by atoms with Gasteiger partial charge in [-0.25, -0.2) is 14.4 Å². The average molecular weight is 465 g/mol. The molecule has 0 aliphatic carbocycles. The molecule has 9 nitrogen and oxygen atoms in total. The van der Waals surface area contributed by atoms with E-state index in [-0.39, 0.29) is 48.8 Å². The van der Waals surface area contributed by atoms with Gasteiger partial charge in [0.15, 0.2) is 6.10 Å². The number of benzene rings is 1. The van der Waals surface area contributed by atoms with E-state index >= 15 is 0 Å². The van der Waals surface area contributed by atoms with E-state index in [1.807, 2.05) is 0 Å². The Kier molecular flexibility index (Phi) is 6.95. The number of aromatic nitrogens is 2. The molecule has 1 unspecified atom stereocenters. The normalized spacial score (nSPS) is 22.9. The lowest BCUT2D eigenvalue weighted by Gasteiger charge is -2.30. The second kappa shape index (κ2) is 9.86. The molecule has 2 aromatic rings. The van der Waals surface area contributed by atoms with Crippen molar-refractivity contribution in [1.29, 1.82) is 0 Å². The molecule has 11 heteroatoms. The van der Waals surface area contributed by atoms with Crippen LogP contribution in [0.15, 0.2) is 29.4 Å². The third-order valence-corrected chi connectivity index (χ3v) is 5.40. The van der Waals surface area contributed by atoms with E-state index < -0.39 is 11.7 Å². The van der Waals surface area contributed by atoms with Crippen molar-refractivity contribution < 1.29 is 28.6 Å². The van der Waals surface area contributed by atoms with E-state index in [1.54, 1.807) is 19.1 Å². The summed E-state index contributed by atoms with van der Waals surface area (Å²) in [6.07, 6.45) is -0.555. The van der Waals surface area contributed by atoms with Gasteiger partial charge in [-0.15, -0.1) is 0 Å². The zero-order chi connectivity index (χ0) is 22.7. The van der Waals surface area contributed by atoms with Crippen LogP contribution in [0.3, 0.4) is 0 Å². The van der Waals surface area contributed by atoms with Crippen LogP contribution in [0.1, 0.15) is 34.0 Å². The number of nitrogens with one attached hydrogen (secondary N) is 1. The maximum atomic E-state index is 13.3. The van der Waals surface area contributed by atoms with Crippen LogP contribution in [0.25, 0.3) is 0 Å². The van der Waals surface area contributed by atoms with E-state index in [0.717, 1.165) is 0 Å². The van der Waals surface area contributed by atoms with Crippen molar-refractivity contribution in [3.05, 3.63) is 57.9 Å². The van der Waals surface area contributed by atoms with Gasteiger partial charge in [-0.3, -0.25) is 4.79 Å². The number of oxime groups is 1. The van der Waals surface area contributed by atoms with Crippen molar-refractivity contribution in [1.82, 2.24) is 15.3 Å². The summed E-state index contributed by atoms with van der Waals surface area (Å²) < 4.78 is 24.5. The molecule has 2 N–H and O–H groups in total. The number of halogens is 2. The number of aliphatic hydroxyl groups excluding tert-OH is 1. The minimum Gasteiger partial charge on any atom is -0.394 e. The number of rotatable bonds is 6. The van der Waals surface area contributed by atoms with Gasteiger partial charge in [0, 0.05) is 13.0 Å². The summed E-state index contributed by atoms with van der Waals surface area (Å²) in [5.41, 5.74) is 1.90. The summed E-state index contributed by atoms with van der Waals surface area (Å²) in [6, 6.07) is 5.79. The van der Waals surface area contributed by atoms with Crippen LogP contribution in [-0.2, 0) is 20.9 Å². The van der Waals surface area contributed by atoms with Gasteiger partial charge >= 0.3 is 0 Å². The minimum atomic E-state index is -0.519. The third-order valence-electron chi connectivity index (χ3n) is 5.11. The van der Waals surface area contributed by atoms with Crippen LogP contribution in [0.5, 0.6) is 0 Å². The second-order valence-electron chi connectivity index (χ2n) is 7.51. The van der Waals surface area contributed by atoms with Crippen molar-refractivity contribution in [2.45, 2.75) is 38.2 Å². The predicted octanol–water partition coefficient (Wildman–Crippen LogP) is 1.78. The number of aliphatic hydroxyl groups is 1. The number of amides is 1. The van der Waals surface area contributed by atoms with E-state index in [0.29, 0.717) is 35.8 Å². The van der Waals surface area contributed by atoms with Gasteiger partial charge in [-0.2, -0.15) is 0 Å². The molecule has 0 spiro atoms. The summed E-state index contributed by atoms with van der Waals surface area (Å²) in [6.45, 7) is 2.33. The molecule has 3 heterocycles. The topological polar surface area (TPSA) is 115 Å². The summed E-state index contributed by atoms with van der Waals surface area (Å²) in [7, 11) is 0. The van der Waals surface area contributed by atoms with Gasteiger partial charge in [-0.1, -0.05) is 22.8 Å². The number of hydrogen-bond donors (Lipinski definition) is 2. The molecule has 2 aliphatic rings. The first-order valence-electron chi connectivity index (χ1n) is 10.1. The molecule has 3 atom stereocenters. The second-order valence-corrected chi connectivity index (χ2v) is 7.92. The molecule has 0 radical (unpaired) electrons. The molecular formula is C21H22ClFN4O5. The molecule has 1 aromatic heterocycles. The minimum absolute atomic E-state index is 0.00931. The van der Waals surface area contributed by atoms with E-state index in [2.05, 4.69) is 20.4 Å². The SMILES string of the molecule is Cc1nc(C(=O)NCc2ccc(F)c(Cl)c2)cc(C2=NO[C@H](C3CO[C@@H](CO)CO3)C2)n1. The van der Waals surface area contributed by atoms with Gasteiger partial charge in [0.25, 0.3) is 5.91 Å². The number of aryl methyl sites for hydroxylation is 1. The largest absolute Gasteiger partial charge is 0.394 e. The molecule has 170 valence electrons. The lowest BCUT2D eigenvalue weighted by Crippen LogP contribution is -2.43. The Morgan fingerprint density at radius 1 is 1.25 bits per heavy atom.